The number of rotatable bonds is 3. The summed E-state index contributed by atoms with van der Waals surface area (Å²) in [6, 6.07) is 25.3. The Morgan fingerprint density at radius 1 is 0.862 bits per heavy atom. The number of pyridine rings is 1. The van der Waals surface area contributed by atoms with E-state index in [-0.39, 0.29) is 0 Å². The van der Waals surface area contributed by atoms with Crippen LogP contribution in [-0.2, 0) is 6.54 Å². The van der Waals surface area contributed by atoms with Crippen LogP contribution in [0.5, 0.6) is 0 Å². The van der Waals surface area contributed by atoms with Gasteiger partial charge in [0.25, 0.3) is 0 Å². The van der Waals surface area contributed by atoms with E-state index in [1.807, 2.05) is 30.5 Å². The quantitative estimate of drug-likeness (QED) is 0.316. The Kier molecular flexibility index (Phi) is 4.37. The van der Waals surface area contributed by atoms with Crippen LogP contribution < -0.4 is 0 Å². The molecular weight excluding hydrogens is 376 g/mol. The number of benzene rings is 3. The van der Waals surface area contributed by atoms with E-state index in [1.165, 1.54) is 38.5 Å². The van der Waals surface area contributed by atoms with Gasteiger partial charge in [0.05, 0.1) is 11.2 Å². The van der Waals surface area contributed by atoms with Crippen LogP contribution in [0.25, 0.3) is 32.9 Å². The predicted octanol–water partition coefficient (Wildman–Crippen LogP) is 7.18. The van der Waals surface area contributed by atoms with Gasteiger partial charge in [-0.15, -0.1) is 0 Å². The normalized spacial score (nSPS) is 11.4. The zero-order valence-corrected chi connectivity index (χ0v) is 17.2. The number of halogens is 1. The number of aryl methyl sites for hydroxylation is 1. The van der Waals surface area contributed by atoms with Crippen LogP contribution in [0.15, 0.2) is 79.0 Å². The Hall–Kier alpha value is -3.10. The molecule has 2 nitrogen and oxygen atoms in total. The van der Waals surface area contributed by atoms with Crippen molar-refractivity contribution in [3.63, 3.8) is 0 Å². The Morgan fingerprint density at radius 2 is 1.62 bits per heavy atom. The largest absolute Gasteiger partial charge is 0.338 e. The average Bonchev–Trinajstić information content (AvgIpc) is 2.99. The zero-order chi connectivity index (χ0) is 20.0. The van der Waals surface area contributed by atoms with Crippen molar-refractivity contribution in [1.82, 2.24) is 9.55 Å². The first-order valence-corrected chi connectivity index (χ1v) is 10.2. The molecule has 0 fully saturated rings. The molecule has 0 aliphatic rings. The number of hydrogen-bond acceptors (Lipinski definition) is 1. The van der Waals surface area contributed by atoms with Gasteiger partial charge in [0, 0.05) is 34.4 Å². The fourth-order valence-electron chi connectivity index (χ4n) is 4.13. The summed E-state index contributed by atoms with van der Waals surface area (Å²) in [5.41, 5.74) is 7.12. The topological polar surface area (TPSA) is 17.8 Å². The van der Waals surface area contributed by atoms with Gasteiger partial charge in [-0.2, -0.15) is 0 Å². The van der Waals surface area contributed by atoms with Crippen LogP contribution in [0.4, 0.5) is 0 Å². The second kappa shape index (κ2) is 7.06. The lowest BCUT2D eigenvalue weighted by molar-refractivity contribution is 0.801. The lowest BCUT2D eigenvalue weighted by Gasteiger charge is -2.12. The van der Waals surface area contributed by atoms with Crippen molar-refractivity contribution < 1.29 is 0 Å². The van der Waals surface area contributed by atoms with Crippen LogP contribution in [0, 0.1) is 13.8 Å². The highest BCUT2D eigenvalue weighted by Gasteiger charge is 2.16. The zero-order valence-electron chi connectivity index (χ0n) is 16.5. The Balaban J connectivity index is 1.70. The molecule has 5 aromatic rings. The van der Waals surface area contributed by atoms with Crippen molar-refractivity contribution >= 4 is 33.3 Å². The average molecular weight is 397 g/mol. The van der Waals surface area contributed by atoms with E-state index < -0.39 is 0 Å². The summed E-state index contributed by atoms with van der Waals surface area (Å²) in [6.07, 6.45) is 1.90. The minimum atomic E-state index is 0.736. The van der Waals surface area contributed by atoms with E-state index in [0.29, 0.717) is 0 Å². The predicted molar refractivity (Wildman–Crippen MR) is 123 cm³/mol. The van der Waals surface area contributed by atoms with Crippen molar-refractivity contribution in [2.24, 2.45) is 0 Å². The fourth-order valence-corrected chi connectivity index (χ4v) is 4.26. The summed E-state index contributed by atoms with van der Waals surface area (Å²) in [5, 5.41) is 4.53. The lowest BCUT2D eigenvalue weighted by atomic mass is 10.1. The van der Waals surface area contributed by atoms with Crippen molar-refractivity contribution in [3.05, 3.63) is 101 Å². The Morgan fingerprint density at radius 3 is 2.41 bits per heavy atom. The third-order valence-electron chi connectivity index (χ3n) is 5.82. The van der Waals surface area contributed by atoms with Crippen molar-refractivity contribution in [2.45, 2.75) is 20.4 Å². The molecule has 0 unspecified atom stereocenters. The van der Waals surface area contributed by atoms with E-state index in [2.05, 4.69) is 66.9 Å². The van der Waals surface area contributed by atoms with Crippen LogP contribution >= 0.6 is 11.6 Å². The van der Waals surface area contributed by atoms with Crippen molar-refractivity contribution in [1.29, 1.82) is 0 Å². The molecule has 29 heavy (non-hydrogen) atoms. The van der Waals surface area contributed by atoms with Gasteiger partial charge in [0.15, 0.2) is 0 Å². The van der Waals surface area contributed by atoms with Crippen molar-refractivity contribution in [3.8, 4) is 11.3 Å². The molecule has 0 atom stereocenters. The Bertz CT molecular complexity index is 1350. The van der Waals surface area contributed by atoms with Gasteiger partial charge in [-0.3, -0.25) is 4.98 Å². The molecule has 0 saturated carbocycles. The molecule has 142 valence electrons. The standard InChI is InChI=1S/C26H21ClN2/c1-17-18(2)29(16-19-7-8-20-5-3-4-6-22(20)15-19)26-24(17)13-14-28-25(26)21-9-11-23(27)12-10-21/h3-15H,16H2,1-2H3. The van der Waals surface area contributed by atoms with Crippen LogP contribution in [0.1, 0.15) is 16.8 Å². The van der Waals surface area contributed by atoms with Gasteiger partial charge in [-0.05, 0) is 60.0 Å². The van der Waals surface area contributed by atoms with E-state index in [9.17, 15) is 0 Å². The fraction of sp³-hybridized carbons (Fsp3) is 0.115. The number of nitrogens with zero attached hydrogens (tertiary/aromatic N) is 2. The van der Waals surface area contributed by atoms with E-state index >= 15 is 0 Å². The van der Waals surface area contributed by atoms with Crippen LogP contribution in [0.2, 0.25) is 5.02 Å². The Labute approximate surface area is 175 Å². The first-order valence-electron chi connectivity index (χ1n) is 9.80. The van der Waals surface area contributed by atoms with Crippen LogP contribution in [0.3, 0.4) is 0 Å². The van der Waals surface area contributed by atoms with Crippen molar-refractivity contribution in [2.75, 3.05) is 0 Å². The van der Waals surface area contributed by atoms with Gasteiger partial charge in [-0.1, -0.05) is 60.1 Å². The number of fused-ring (bicyclic) bond motifs is 2. The molecule has 0 N–H and O–H groups in total. The molecule has 0 aliphatic heterocycles. The summed E-state index contributed by atoms with van der Waals surface area (Å²) in [4.78, 5) is 4.75. The minimum Gasteiger partial charge on any atom is -0.338 e. The molecule has 0 aliphatic carbocycles. The molecule has 3 aromatic carbocycles. The van der Waals surface area contributed by atoms with Gasteiger partial charge in [0.2, 0.25) is 0 Å². The highest BCUT2D eigenvalue weighted by molar-refractivity contribution is 6.30. The molecule has 0 bridgehead atoms. The second-order valence-corrected chi connectivity index (χ2v) is 7.98. The van der Waals surface area contributed by atoms with E-state index in [0.717, 1.165) is 22.8 Å². The number of hydrogen-bond donors (Lipinski definition) is 0. The molecular formula is C26H21ClN2. The van der Waals surface area contributed by atoms with Gasteiger partial charge in [-0.25, -0.2) is 0 Å². The molecule has 0 amide bonds. The first-order chi connectivity index (χ1) is 14.1. The maximum Gasteiger partial charge on any atom is 0.0945 e. The molecule has 3 heteroatoms. The van der Waals surface area contributed by atoms with Gasteiger partial charge >= 0.3 is 0 Å². The monoisotopic (exact) mass is 396 g/mol. The molecule has 2 aromatic heterocycles. The highest BCUT2D eigenvalue weighted by Crippen LogP contribution is 2.33. The molecule has 0 radical (unpaired) electrons. The number of aromatic nitrogens is 2. The van der Waals surface area contributed by atoms with E-state index in [1.54, 1.807) is 0 Å². The maximum atomic E-state index is 6.11. The summed E-state index contributed by atoms with van der Waals surface area (Å²) in [7, 11) is 0. The molecule has 5 rings (SSSR count). The minimum absolute atomic E-state index is 0.736. The third kappa shape index (κ3) is 3.10. The lowest BCUT2D eigenvalue weighted by Crippen LogP contribution is -2.03. The summed E-state index contributed by atoms with van der Waals surface area (Å²) in [6.45, 7) is 5.20. The summed E-state index contributed by atoms with van der Waals surface area (Å²) < 4.78 is 2.39. The highest BCUT2D eigenvalue weighted by atomic mass is 35.5. The molecule has 0 spiro atoms. The SMILES string of the molecule is Cc1c(C)n(Cc2ccc3ccccc3c2)c2c(-c3ccc(Cl)cc3)nccc12. The molecule has 2 heterocycles. The molecule has 0 saturated heterocycles. The van der Waals surface area contributed by atoms with Crippen LogP contribution in [-0.4, -0.2) is 9.55 Å². The smallest absolute Gasteiger partial charge is 0.0945 e. The summed E-state index contributed by atoms with van der Waals surface area (Å²) >= 11 is 6.11. The second-order valence-electron chi connectivity index (χ2n) is 7.54. The van der Waals surface area contributed by atoms with E-state index in [4.69, 9.17) is 16.6 Å². The summed E-state index contributed by atoms with van der Waals surface area (Å²) in [5.74, 6) is 0. The van der Waals surface area contributed by atoms with Gasteiger partial charge < -0.3 is 4.57 Å². The maximum absolute atomic E-state index is 6.11. The first kappa shape index (κ1) is 18.0. The van der Waals surface area contributed by atoms with Gasteiger partial charge in [0.1, 0.15) is 0 Å². The third-order valence-corrected chi connectivity index (χ3v) is 6.07.